The molecule has 1 saturated heterocycles. The third kappa shape index (κ3) is 2.96. The lowest BCUT2D eigenvalue weighted by atomic mass is 10.3. The molecule has 4 nitrogen and oxygen atoms in total. The third-order valence-corrected chi connectivity index (χ3v) is 3.84. The largest absolute Gasteiger partial charge is 0.313 e. The number of non-ortho nitro benzene ring substituents is 1. The minimum absolute atomic E-state index is 0.156. The second-order valence-corrected chi connectivity index (χ2v) is 4.95. The van der Waals surface area contributed by atoms with Crippen LogP contribution in [0.2, 0.25) is 0 Å². The molecular formula is C11H14N2O2S. The summed E-state index contributed by atoms with van der Waals surface area (Å²) >= 11 is 1.75. The number of thioether (sulfide) groups is 1. The topological polar surface area (TPSA) is 55.2 Å². The van der Waals surface area contributed by atoms with Crippen molar-refractivity contribution in [3.63, 3.8) is 0 Å². The average molecular weight is 238 g/mol. The standard InChI is InChI=1S/C11H14N2O2S/c14-13(15)10-3-5-11(6-4-10)16-8-9-2-1-7-12-9/h3-6,9,12H,1-2,7-8H2/t9-/m1/s1. The number of nitrogens with zero attached hydrogens (tertiary/aromatic N) is 1. The van der Waals surface area contributed by atoms with E-state index in [1.165, 1.54) is 12.8 Å². The molecule has 1 aliphatic heterocycles. The first kappa shape index (κ1) is 11.4. The van der Waals surface area contributed by atoms with Gasteiger partial charge < -0.3 is 5.32 Å². The first-order valence-electron chi connectivity index (χ1n) is 5.36. The molecule has 2 rings (SSSR count). The summed E-state index contributed by atoms with van der Waals surface area (Å²) in [7, 11) is 0. The summed E-state index contributed by atoms with van der Waals surface area (Å²) in [5.41, 5.74) is 0.156. The highest BCUT2D eigenvalue weighted by molar-refractivity contribution is 7.99. The highest BCUT2D eigenvalue weighted by Gasteiger charge is 2.14. The summed E-state index contributed by atoms with van der Waals surface area (Å²) in [6, 6.07) is 7.35. The maximum atomic E-state index is 10.5. The van der Waals surface area contributed by atoms with Crippen molar-refractivity contribution in [2.75, 3.05) is 12.3 Å². The van der Waals surface area contributed by atoms with Gasteiger partial charge in [-0.05, 0) is 31.5 Å². The smallest absolute Gasteiger partial charge is 0.269 e. The van der Waals surface area contributed by atoms with E-state index in [0.717, 1.165) is 17.2 Å². The van der Waals surface area contributed by atoms with Crippen LogP contribution in [0, 0.1) is 10.1 Å². The zero-order valence-electron chi connectivity index (χ0n) is 8.89. The predicted octanol–water partition coefficient (Wildman–Crippen LogP) is 2.44. The Hall–Kier alpha value is -1.07. The molecule has 0 aliphatic carbocycles. The number of benzene rings is 1. The van der Waals surface area contributed by atoms with Crippen molar-refractivity contribution in [2.45, 2.75) is 23.8 Å². The summed E-state index contributed by atoms with van der Waals surface area (Å²) in [6.45, 7) is 1.12. The van der Waals surface area contributed by atoms with Crippen LogP contribution in [-0.2, 0) is 0 Å². The van der Waals surface area contributed by atoms with Crippen molar-refractivity contribution in [2.24, 2.45) is 0 Å². The van der Waals surface area contributed by atoms with Crippen LogP contribution >= 0.6 is 11.8 Å². The van der Waals surface area contributed by atoms with Gasteiger partial charge in [0.25, 0.3) is 5.69 Å². The van der Waals surface area contributed by atoms with E-state index in [0.29, 0.717) is 6.04 Å². The molecule has 1 N–H and O–H groups in total. The molecule has 5 heteroatoms. The van der Waals surface area contributed by atoms with Crippen LogP contribution in [0.4, 0.5) is 5.69 Å². The van der Waals surface area contributed by atoms with Gasteiger partial charge in [-0.15, -0.1) is 11.8 Å². The van der Waals surface area contributed by atoms with E-state index >= 15 is 0 Å². The summed E-state index contributed by atoms with van der Waals surface area (Å²) in [5, 5.41) is 13.9. The molecule has 0 spiro atoms. The molecular weight excluding hydrogens is 224 g/mol. The van der Waals surface area contributed by atoms with E-state index in [4.69, 9.17) is 0 Å². The number of nitro benzene ring substituents is 1. The molecule has 1 aromatic rings. The number of hydrogen-bond donors (Lipinski definition) is 1. The van der Waals surface area contributed by atoms with Crippen molar-refractivity contribution in [3.8, 4) is 0 Å². The number of nitrogens with one attached hydrogen (secondary N) is 1. The van der Waals surface area contributed by atoms with Crippen LogP contribution in [0.15, 0.2) is 29.2 Å². The average Bonchev–Trinajstić information content (AvgIpc) is 2.80. The molecule has 0 unspecified atom stereocenters. The van der Waals surface area contributed by atoms with Gasteiger partial charge in [0.1, 0.15) is 0 Å². The predicted molar refractivity (Wildman–Crippen MR) is 64.8 cm³/mol. The molecule has 0 saturated carbocycles. The molecule has 86 valence electrons. The van der Waals surface area contributed by atoms with Gasteiger partial charge in [0.05, 0.1) is 4.92 Å². The molecule has 1 heterocycles. The Morgan fingerprint density at radius 1 is 1.44 bits per heavy atom. The van der Waals surface area contributed by atoms with E-state index < -0.39 is 0 Å². The number of hydrogen-bond acceptors (Lipinski definition) is 4. The first-order chi connectivity index (χ1) is 7.75. The lowest BCUT2D eigenvalue weighted by molar-refractivity contribution is -0.384. The van der Waals surface area contributed by atoms with Crippen molar-refractivity contribution in [3.05, 3.63) is 34.4 Å². The van der Waals surface area contributed by atoms with E-state index in [1.54, 1.807) is 23.9 Å². The van der Waals surface area contributed by atoms with Gasteiger partial charge >= 0.3 is 0 Å². The molecule has 0 amide bonds. The Labute approximate surface area is 98.6 Å². The first-order valence-corrected chi connectivity index (χ1v) is 6.35. The lowest BCUT2D eigenvalue weighted by Crippen LogP contribution is -2.23. The maximum Gasteiger partial charge on any atom is 0.269 e. The van der Waals surface area contributed by atoms with Crippen molar-refractivity contribution in [1.82, 2.24) is 5.32 Å². The zero-order chi connectivity index (χ0) is 11.4. The fourth-order valence-corrected chi connectivity index (χ4v) is 2.77. The lowest BCUT2D eigenvalue weighted by Gasteiger charge is -2.08. The minimum atomic E-state index is -0.368. The van der Waals surface area contributed by atoms with Crippen LogP contribution in [0.3, 0.4) is 0 Å². The van der Waals surface area contributed by atoms with E-state index in [2.05, 4.69) is 5.32 Å². The van der Waals surface area contributed by atoms with Gasteiger partial charge in [-0.1, -0.05) is 0 Å². The Morgan fingerprint density at radius 3 is 2.75 bits per heavy atom. The Balaban J connectivity index is 1.87. The zero-order valence-corrected chi connectivity index (χ0v) is 9.70. The summed E-state index contributed by atoms with van der Waals surface area (Å²) in [4.78, 5) is 11.2. The van der Waals surface area contributed by atoms with E-state index in [-0.39, 0.29) is 10.6 Å². The van der Waals surface area contributed by atoms with Gasteiger partial charge in [-0.3, -0.25) is 10.1 Å². The monoisotopic (exact) mass is 238 g/mol. The van der Waals surface area contributed by atoms with Crippen LogP contribution in [0.1, 0.15) is 12.8 Å². The van der Waals surface area contributed by atoms with Gasteiger partial charge in [-0.2, -0.15) is 0 Å². The quantitative estimate of drug-likeness (QED) is 0.497. The van der Waals surface area contributed by atoms with Crippen molar-refractivity contribution < 1.29 is 4.92 Å². The summed E-state index contributed by atoms with van der Waals surface area (Å²) < 4.78 is 0. The van der Waals surface area contributed by atoms with Crippen molar-refractivity contribution in [1.29, 1.82) is 0 Å². The molecule has 0 bridgehead atoms. The third-order valence-electron chi connectivity index (χ3n) is 2.66. The normalized spacial score (nSPS) is 19.9. The molecule has 1 aliphatic rings. The van der Waals surface area contributed by atoms with Crippen LogP contribution in [-0.4, -0.2) is 23.3 Å². The highest BCUT2D eigenvalue weighted by Crippen LogP contribution is 2.23. The summed E-state index contributed by atoms with van der Waals surface area (Å²) in [6.07, 6.45) is 2.49. The van der Waals surface area contributed by atoms with E-state index in [9.17, 15) is 10.1 Å². The maximum absolute atomic E-state index is 10.5. The summed E-state index contributed by atoms with van der Waals surface area (Å²) in [5.74, 6) is 1.04. The van der Waals surface area contributed by atoms with Crippen molar-refractivity contribution >= 4 is 17.4 Å². The van der Waals surface area contributed by atoms with Gasteiger partial charge in [0.15, 0.2) is 0 Å². The van der Waals surface area contributed by atoms with Gasteiger partial charge in [-0.25, -0.2) is 0 Å². The molecule has 0 radical (unpaired) electrons. The number of nitro groups is 1. The van der Waals surface area contributed by atoms with Gasteiger partial charge in [0, 0.05) is 28.8 Å². The second kappa shape index (κ2) is 5.32. The molecule has 1 atom stereocenters. The molecule has 1 fully saturated rings. The minimum Gasteiger partial charge on any atom is -0.313 e. The molecule has 0 aromatic heterocycles. The van der Waals surface area contributed by atoms with Crippen LogP contribution in [0.25, 0.3) is 0 Å². The molecule has 16 heavy (non-hydrogen) atoms. The fraction of sp³-hybridized carbons (Fsp3) is 0.455. The van der Waals surface area contributed by atoms with Crippen LogP contribution in [0.5, 0.6) is 0 Å². The second-order valence-electron chi connectivity index (χ2n) is 3.86. The van der Waals surface area contributed by atoms with Crippen LogP contribution < -0.4 is 5.32 Å². The fourth-order valence-electron chi connectivity index (χ4n) is 1.76. The SMILES string of the molecule is O=[N+]([O-])c1ccc(SC[C@H]2CCCN2)cc1. The Bertz CT molecular complexity index is 361. The van der Waals surface area contributed by atoms with Gasteiger partial charge in [0.2, 0.25) is 0 Å². The van der Waals surface area contributed by atoms with E-state index in [1.807, 2.05) is 12.1 Å². The highest BCUT2D eigenvalue weighted by atomic mass is 32.2. The Morgan fingerprint density at radius 2 is 2.19 bits per heavy atom. The number of rotatable bonds is 4. The Kier molecular flexibility index (Phi) is 3.79. The molecule has 1 aromatic carbocycles.